The van der Waals surface area contributed by atoms with Gasteiger partial charge in [-0.25, -0.2) is 4.98 Å². The first-order valence-corrected chi connectivity index (χ1v) is 10.4. The van der Waals surface area contributed by atoms with Crippen LogP contribution in [0.1, 0.15) is 5.69 Å². The van der Waals surface area contributed by atoms with Gasteiger partial charge in [0, 0.05) is 10.9 Å². The summed E-state index contributed by atoms with van der Waals surface area (Å²) in [5.41, 5.74) is 3.46. The molecule has 140 valence electrons. The van der Waals surface area contributed by atoms with Gasteiger partial charge in [0.05, 0.1) is 44.0 Å². The number of aromatic nitrogens is 1. The molecule has 0 spiro atoms. The zero-order chi connectivity index (χ0) is 18.6. The lowest BCUT2D eigenvalue weighted by Gasteiger charge is -2.33. The van der Waals surface area contributed by atoms with Crippen molar-refractivity contribution in [3.63, 3.8) is 0 Å². The van der Waals surface area contributed by atoms with Crippen molar-refractivity contribution in [2.24, 2.45) is 0 Å². The third kappa shape index (κ3) is 4.26. The lowest BCUT2D eigenvalue weighted by molar-refractivity contribution is -0.914. The second-order valence-corrected chi connectivity index (χ2v) is 8.00. The fraction of sp³-hybridized carbons (Fsp3) is 0.286. The van der Waals surface area contributed by atoms with Crippen LogP contribution in [-0.4, -0.2) is 38.3 Å². The average molecular weight is 401 g/mol. The summed E-state index contributed by atoms with van der Waals surface area (Å²) in [5.74, 6) is 0.872. The van der Waals surface area contributed by atoms with Crippen LogP contribution in [-0.2, 0) is 6.54 Å². The van der Waals surface area contributed by atoms with Gasteiger partial charge < -0.3 is 14.5 Å². The van der Waals surface area contributed by atoms with Crippen LogP contribution in [0.2, 0.25) is 5.02 Å². The number of nitrogens with one attached hydrogen (secondary N) is 1. The number of anilines is 1. The van der Waals surface area contributed by atoms with Gasteiger partial charge >= 0.3 is 0 Å². The topological polar surface area (TPSA) is 29.8 Å². The zero-order valence-corrected chi connectivity index (χ0v) is 16.9. The summed E-state index contributed by atoms with van der Waals surface area (Å²) in [4.78, 5) is 8.80. The van der Waals surface area contributed by atoms with Crippen LogP contribution < -0.4 is 14.5 Å². The molecule has 2 aromatic carbocycles. The summed E-state index contributed by atoms with van der Waals surface area (Å²) < 4.78 is 5.23. The molecule has 4 rings (SSSR count). The largest absolute Gasteiger partial charge is 0.497 e. The minimum absolute atomic E-state index is 0.838. The quantitative estimate of drug-likeness (QED) is 0.712. The van der Waals surface area contributed by atoms with E-state index in [1.165, 1.54) is 5.69 Å². The van der Waals surface area contributed by atoms with Crippen molar-refractivity contribution >= 4 is 28.6 Å². The summed E-state index contributed by atoms with van der Waals surface area (Å²) in [6.45, 7) is 5.22. The van der Waals surface area contributed by atoms with Gasteiger partial charge in [-0.3, -0.25) is 0 Å². The van der Waals surface area contributed by atoms with Crippen molar-refractivity contribution in [2.75, 3.05) is 38.2 Å². The standard InChI is InChI=1S/C21H22ClN3OS/c1-26-18-8-6-16(7-9-18)21-23-17(15-27-21)14-24-10-12-25(13-11-24)20-5-3-2-4-19(20)22/h2-9,15H,10-14H2,1H3/p+1. The number of hydrogen-bond donors (Lipinski definition) is 1. The van der Waals surface area contributed by atoms with Crippen LogP contribution in [0.3, 0.4) is 0 Å². The van der Waals surface area contributed by atoms with Crippen molar-refractivity contribution in [2.45, 2.75) is 6.54 Å². The fourth-order valence-electron chi connectivity index (χ4n) is 3.46. The molecule has 0 saturated carbocycles. The summed E-state index contributed by atoms with van der Waals surface area (Å²) in [7, 11) is 1.69. The molecule has 6 heteroatoms. The minimum atomic E-state index is 0.838. The molecule has 1 N–H and O–H groups in total. The molecule has 2 heterocycles. The number of ether oxygens (including phenoxy) is 1. The van der Waals surface area contributed by atoms with Gasteiger partial charge in [-0.15, -0.1) is 11.3 Å². The number of hydrogen-bond acceptors (Lipinski definition) is 4. The SMILES string of the molecule is COc1ccc(-c2nc(C[NH+]3CCN(c4ccccc4Cl)CC3)cs2)cc1. The monoisotopic (exact) mass is 400 g/mol. The van der Waals surface area contributed by atoms with E-state index >= 15 is 0 Å². The van der Waals surface area contributed by atoms with Gasteiger partial charge in [0.2, 0.25) is 0 Å². The van der Waals surface area contributed by atoms with Crippen LogP contribution in [0.5, 0.6) is 5.75 Å². The second-order valence-electron chi connectivity index (χ2n) is 6.74. The van der Waals surface area contributed by atoms with E-state index in [0.717, 1.165) is 59.8 Å². The summed E-state index contributed by atoms with van der Waals surface area (Å²) in [6.07, 6.45) is 0. The number of benzene rings is 2. The maximum absolute atomic E-state index is 6.34. The first-order chi connectivity index (χ1) is 13.2. The number of methoxy groups -OCH3 is 1. The molecule has 1 fully saturated rings. The van der Waals surface area contributed by atoms with Gasteiger partial charge in [-0.2, -0.15) is 0 Å². The first kappa shape index (κ1) is 18.3. The molecule has 1 aromatic heterocycles. The molecule has 1 aliphatic heterocycles. The maximum atomic E-state index is 6.34. The average Bonchev–Trinajstić information content (AvgIpc) is 3.18. The van der Waals surface area contributed by atoms with Crippen LogP contribution in [0.25, 0.3) is 10.6 Å². The Balaban J connectivity index is 1.35. The molecule has 3 aromatic rings. The lowest BCUT2D eigenvalue weighted by atomic mass is 10.2. The van der Waals surface area contributed by atoms with Gasteiger partial charge in [0.25, 0.3) is 0 Å². The molecule has 0 atom stereocenters. The van der Waals surface area contributed by atoms with E-state index in [4.69, 9.17) is 21.3 Å². The van der Waals surface area contributed by atoms with Gasteiger partial charge in [-0.1, -0.05) is 23.7 Å². The highest BCUT2D eigenvalue weighted by Gasteiger charge is 2.22. The number of halogens is 1. The molecule has 0 amide bonds. The Morgan fingerprint density at radius 2 is 1.85 bits per heavy atom. The number of para-hydroxylation sites is 1. The summed E-state index contributed by atoms with van der Waals surface area (Å²) in [6, 6.07) is 16.2. The maximum Gasteiger partial charge on any atom is 0.123 e. The van der Waals surface area contributed by atoms with Crippen molar-refractivity contribution in [3.8, 4) is 16.3 Å². The van der Waals surface area contributed by atoms with Crippen molar-refractivity contribution in [1.82, 2.24) is 4.98 Å². The predicted octanol–water partition coefficient (Wildman–Crippen LogP) is 3.38. The first-order valence-electron chi connectivity index (χ1n) is 9.15. The molecular weight excluding hydrogens is 378 g/mol. The van der Waals surface area contributed by atoms with Crippen LogP contribution in [0, 0.1) is 0 Å². The van der Waals surface area contributed by atoms with Crippen molar-refractivity contribution in [1.29, 1.82) is 0 Å². The molecule has 27 heavy (non-hydrogen) atoms. The second kappa shape index (κ2) is 8.30. The zero-order valence-electron chi connectivity index (χ0n) is 15.3. The number of rotatable bonds is 5. The number of quaternary nitrogens is 1. The molecule has 0 aliphatic carbocycles. The van der Waals surface area contributed by atoms with E-state index in [0.29, 0.717) is 0 Å². The summed E-state index contributed by atoms with van der Waals surface area (Å²) in [5, 5.41) is 4.10. The van der Waals surface area contributed by atoms with Gasteiger partial charge in [0.1, 0.15) is 23.0 Å². The van der Waals surface area contributed by atoms with E-state index in [-0.39, 0.29) is 0 Å². The van der Waals surface area contributed by atoms with E-state index in [1.807, 2.05) is 24.3 Å². The Morgan fingerprint density at radius 1 is 1.11 bits per heavy atom. The smallest absolute Gasteiger partial charge is 0.123 e. The lowest BCUT2D eigenvalue weighted by Crippen LogP contribution is -3.13. The van der Waals surface area contributed by atoms with Gasteiger partial charge in [-0.05, 0) is 36.4 Å². The van der Waals surface area contributed by atoms with E-state index in [1.54, 1.807) is 23.3 Å². The Bertz CT molecular complexity index is 888. The van der Waals surface area contributed by atoms with E-state index < -0.39 is 0 Å². The number of piperazine rings is 1. The van der Waals surface area contributed by atoms with Crippen LogP contribution >= 0.6 is 22.9 Å². The number of thiazole rings is 1. The van der Waals surface area contributed by atoms with Gasteiger partial charge in [0.15, 0.2) is 0 Å². The van der Waals surface area contributed by atoms with Crippen molar-refractivity contribution < 1.29 is 9.64 Å². The normalized spacial score (nSPS) is 15.1. The van der Waals surface area contributed by atoms with E-state index in [2.05, 4.69) is 34.5 Å². The Labute approximate surface area is 169 Å². The molecule has 1 aliphatic rings. The Kier molecular flexibility index (Phi) is 5.62. The Morgan fingerprint density at radius 3 is 2.56 bits per heavy atom. The molecule has 1 saturated heterocycles. The Hall–Kier alpha value is -2.08. The van der Waals surface area contributed by atoms with E-state index in [9.17, 15) is 0 Å². The highest BCUT2D eigenvalue weighted by molar-refractivity contribution is 7.13. The molecule has 0 bridgehead atoms. The highest BCUT2D eigenvalue weighted by Crippen LogP contribution is 2.26. The van der Waals surface area contributed by atoms with Crippen LogP contribution in [0.15, 0.2) is 53.9 Å². The summed E-state index contributed by atoms with van der Waals surface area (Å²) >= 11 is 8.05. The molecule has 4 nitrogen and oxygen atoms in total. The third-order valence-electron chi connectivity index (χ3n) is 4.98. The predicted molar refractivity (Wildman–Crippen MR) is 112 cm³/mol. The fourth-order valence-corrected chi connectivity index (χ4v) is 4.54. The number of nitrogens with zero attached hydrogens (tertiary/aromatic N) is 2. The minimum Gasteiger partial charge on any atom is -0.497 e. The molecule has 0 radical (unpaired) electrons. The van der Waals surface area contributed by atoms with Crippen molar-refractivity contribution in [3.05, 3.63) is 64.6 Å². The molecule has 0 unspecified atom stereocenters. The highest BCUT2D eigenvalue weighted by atomic mass is 35.5. The van der Waals surface area contributed by atoms with Crippen LogP contribution in [0.4, 0.5) is 5.69 Å². The molecular formula is C21H23ClN3OS+. The third-order valence-corrected chi connectivity index (χ3v) is 6.24.